The van der Waals surface area contributed by atoms with E-state index in [9.17, 15) is 22.0 Å². The number of nitrogens with zero attached hydrogens (tertiary/aromatic N) is 3. The standard InChI is InChI=1S/C19H17F2N3O4S/c20-19(21)28-16-3-1-2-15(12-16)18(25)23-8-10-24(11-9-23)29(26,27)17-6-4-14(13-22)5-7-17/h1-7,12,19H,8-11H2. The van der Waals surface area contributed by atoms with Crippen LogP contribution in [0.3, 0.4) is 0 Å². The Balaban J connectivity index is 1.67. The fraction of sp³-hybridized carbons (Fsp3) is 0.263. The number of hydrogen-bond acceptors (Lipinski definition) is 5. The van der Waals surface area contributed by atoms with Gasteiger partial charge in [-0.2, -0.15) is 18.3 Å². The molecule has 0 aromatic heterocycles. The van der Waals surface area contributed by atoms with Gasteiger partial charge in [-0.15, -0.1) is 0 Å². The molecule has 0 unspecified atom stereocenters. The zero-order chi connectivity index (χ0) is 21.0. The minimum Gasteiger partial charge on any atom is -0.435 e. The van der Waals surface area contributed by atoms with Crippen molar-refractivity contribution in [3.63, 3.8) is 0 Å². The topological polar surface area (TPSA) is 90.7 Å². The van der Waals surface area contributed by atoms with Crippen LogP contribution in [0.5, 0.6) is 5.75 Å². The Labute approximate surface area is 166 Å². The smallest absolute Gasteiger partial charge is 0.387 e. The molecule has 0 radical (unpaired) electrons. The number of carbonyl (C=O) groups excluding carboxylic acids is 1. The number of amides is 1. The third-order valence-electron chi connectivity index (χ3n) is 4.45. The Bertz CT molecular complexity index is 1030. The van der Waals surface area contributed by atoms with Crippen LogP contribution in [0.4, 0.5) is 8.78 Å². The maximum atomic E-state index is 12.7. The van der Waals surface area contributed by atoms with Crippen molar-refractivity contribution in [3.05, 3.63) is 59.7 Å². The molecule has 1 aliphatic heterocycles. The van der Waals surface area contributed by atoms with Gasteiger partial charge in [0, 0.05) is 31.7 Å². The highest BCUT2D eigenvalue weighted by molar-refractivity contribution is 7.89. The number of piperazine rings is 1. The molecule has 1 fully saturated rings. The quantitative estimate of drug-likeness (QED) is 0.739. The van der Waals surface area contributed by atoms with Crippen LogP contribution in [-0.2, 0) is 10.0 Å². The molecule has 0 atom stereocenters. The monoisotopic (exact) mass is 421 g/mol. The normalized spacial score (nSPS) is 15.2. The highest BCUT2D eigenvalue weighted by Gasteiger charge is 2.30. The number of carbonyl (C=O) groups is 1. The summed E-state index contributed by atoms with van der Waals surface area (Å²) in [5.74, 6) is -0.506. The van der Waals surface area contributed by atoms with Gasteiger partial charge in [0.1, 0.15) is 5.75 Å². The average Bonchev–Trinajstić information content (AvgIpc) is 2.73. The Hall–Kier alpha value is -3.03. The molecule has 1 aliphatic rings. The first-order chi connectivity index (χ1) is 13.8. The lowest BCUT2D eigenvalue weighted by atomic mass is 10.1. The first kappa shape index (κ1) is 20.7. The van der Waals surface area contributed by atoms with Crippen LogP contribution in [-0.4, -0.2) is 56.3 Å². The largest absolute Gasteiger partial charge is 0.435 e. The van der Waals surface area contributed by atoms with Crippen LogP contribution in [0, 0.1) is 11.3 Å². The van der Waals surface area contributed by atoms with Crippen molar-refractivity contribution in [2.45, 2.75) is 11.5 Å². The van der Waals surface area contributed by atoms with Crippen LogP contribution in [0.2, 0.25) is 0 Å². The van der Waals surface area contributed by atoms with Gasteiger partial charge in [-0.25, -0.2) is 8.42 Å². The number of hydrogen-bond donors (Lipinski definition) is 0. The van der Waals surface area contributed by atoms with Crippen molar-refractivity contribution in [2.75, 3.05) is 26.2 Å². The fourth-order valence-corrected chi connectivity index (χ4v) is 4.39. The molecule has 10 heteroatoms. The highest BCUT2D eigenvalue weighted by atomic mass is 32.2. The number of halogens is 2. The second-order valence-corrected chi connectivity index (χ2v) is 8.18. The third-order valence-corrected chi connectivity index (χ3v) is 6.37. The summed E-state index contributed by atoms with van der Waals surface area (Å²) in [4.78, 5) is 14.2. The molecule has 2 aromatic carbocycles. The number of rotatable bonds is 5. The van der Waals surface area contributed by atoms with E-state index in [0.717, 1.165) is 0 Å². The van der Waals surface area contributed by atoms with Crippen LogP contribution >= 0.6 is 0 Å². The summed E-state index contributed by atoms with van der Waals surface area (Å²) in [6, 6.07) is 13.0. The molecule has 1 heterocycles. The van der Waals surface area contributed by atoms with E-state index in [4.69, 9.17) is 5.26 Å². The van der Waals surface area contributed by atoms with E-state index in [1.165, 1.54) is 57.7 Å². The molecular weight excluding hydrogens is 404 g/mol. The second-order valence-electron chi connectivity index (χ2n) is 6.24. The van der Waals surface area contributed by atoms with E-state index in [-0.39, 0.29) is 48.3 Å². The Kier molecular flexibility index (Phi) is 6.10. The van der Waals surface area contributed by atoms with Gasteiger partial charge < -0.3 is 9.64 Å². The van der Waals surface area contributed by atoms with Crippen LogP contribution in [0.1, 0.15) is 15.9 Å². The fourth-order valence-electron chi connectivity index (χ4n) is 2.97. The van der Waals surface area contributed by atoms with E-state index in [1.807, 2.05) is 6.07 Å². The van der Waals surface area contributed by atoms with Gasteiger partial charge in [0.25, 0.3) is 5.91 Å². The minimum atomic E-state index is -3.74. The lowest BCUT2D eigenvalue weighted by Crippen LogP contribution is -2.50. The molecule has 0 aliphatic carbocycles. The molecule has 0 saturated carbocycles. The van der Waals surface area contributed by atoms with Gasteiger partial charge in [-0.05, 0) is 42.5 Å². The number of alkyl halides is 2. The van der Waals surface area contributed by atoms with Gasteiger partial charge in [0.05, 0.1) is 16.5 Å². The lowest BCUT2D eigenvalue weighted by molar-refractivity contribution is -0.0499. The van der Waals surface area contributed by atoms with Crippen LogP contribution in [0.15, 0.2) is 53.4 Å². The van der Waals surface area contributed by atoms with E-state index in [0.29, 0.717) is 5.56 Å². The third kappa shape index (κ3) is 4.70. The highest BCUT2D eigenvalue weighted by Crippen LogP contribution is 2.21. The van der Waals surface area contributed by atoms with Gasteiger partial charge in [-0.3, -0.25) is 4.79 Å². The van der Waals surface area contributed by atoms with Crippen molar-refractivity contribution in [3.8, 4) is 11.8 Å². The molecule has 0 bridgehead atoms. The summed E-state index contributed by atoms with van der Waals surface area (Å²) in [5, 5.41) is 8.82. The second kappa shape index (κ2) is 8.55. The van der Waals surface area contributed by atoms with E-state index in [1.54, 1.807) is 0 Å². The van der Waals surface area contributed by atoms with Gasteiger partial charge in [0.2, 0.25) is 10.0 Å². The number of sulfonamides is 1. The van der Waals surface area contributed by atoms with E-state index >= 15 is 0 Å². The summed E-state index contributed by atoms with van der Waals surface area (Å²) in [6.07, 6.45) is 0. The molecule has 0 spiro atoms. The zero-order valence-corrected chi connectivity index (χ0v) is 16.0. The lowest BCUT2D eigenvalue weighted by Gasteiger charge is -2.34. The van der Waals surface area contributed by atoms with Crippen molar-refractivity contribution < 1.29 is 26.7 Å². The van der Waals surface area contributed by atoms with Crippen molar-refractivity contribution in [1.82, 2.24) is 9.21 Å². The van der Waals surface area contributed by atoms with Crippen LogP contribution < -0.4 is 4.74 Å². The van der Waals surface area contributed by atoms with Crippen molar-refractivity contribution in [2.24, 2.45) is 0 Å². The van der Waals surface area contributed by atoms with E-state index < -0.39 is 16.6 Å². The Morgan fingerprint density at radius 3 is 2.31 bits per heavy atom. The first-order valence-corrected chi connectivity index (χ1v) is 10.1. The van der Waals surface area contributed by atoms with Crippen LogP contribution in [0.25, 0.3) is 0 Å². The summed E-state index contributed by atoms with van der Waals surface area (Å²) in [7, 11) is -3.74. The molecule has 1 amide bonds. The van der Waals surface area contributed by atoms with E-state index in [2.05, 4.69) is 4.74 Å². The zero-order valence-electron chi connectivity index (χ0n) is 15.2. The molecule has 0 N–H and O–H groups in total. The maximum absolute atomic E-state index is 12.7. The summed E-state index contributed by atoms with van der Waals surface area (Å²) < 4.78 is 55.7. The van der Waals surface area contributed by atoms with Gasteiger partial charge >= 0.3 is 6.61 Å². The average molecular weight is 421 g/mol. The Morgan fingerprint density at radius 1 is 1.07 bits per heavy atom. The maximum Gasteiger partial charge on any atom is 0.387 e. The predicted octanol–water partition coefficient (Wildman–Crippen LogP) is 2.31. The summed E-state index contributed by atoms with van der Waals surface area (Å²) in [5.41, 5.74) is 0.545. The summed E-state index contributed by atoms with van der Waals surface area (Å²) in [6.45, 7) is -2.47. The summed E-state index contributed by atoms with van der Waals surface area (Å²) >= 11 is 0. The first-order valence-electron chi connectivity index (χ1n) is 8.66. The molecule has 152 valence electrons. The van der Waals surface area contributed by atoms with Crippen molar-refractivity contribution in [1.29, 1.82) is 5.26 Å². The number of ether oxygens (including phenoxy) is 1. The predicted molar refractivity (Wildman–Crippen MR) is 98.9 cm³/mol. The SMILES string of the molecule is N#Cc1ccc(S(=O)(=O)N2CCN(C(=O)c3cccc(OC(F)F)c3)CC2)cc1. The molecular formula is C19H17F2N3O4S. The number of nitriles is 1. The van der Waals surface area contributed by atoms with Gasteiger partial charge in [0.15, 0.2) is 0 Å². The molecule has 1 saturated heterocycles. The minimum absolute atomic E-state index is 0.0770. The molecule has 2 aromatic rings. The molecule has 7 nitrogen and oxygen atoms in total. The number of benzene rings is 2. The Morgan fingerprint density at radius 2 is 1.72 bits per heavy atom. The van der Waals surface area contributed by atoms with Crippen molar-refractivity contribution >= 4 is 15.9 Å². The molecule has 3 rings (SSSR count). The van der Waals surface area contributed by atoms with Gasteiger partial charge in [-0.1, -0.05) is 6.07 Å². The molecule has 29 heavy (non-hydrogen) atoms.